The van der Waals surface area contributed by atoms with E-state index in [0.29, 0.717) is 35.7 Å². The van der Waals surface area contributed by atoms with Crippen LogP contribution in [0, 0.1) is 0 Å². The molecule has 0 amide bonds. The van der Waals surface area contributed by atoms with Crippen LogP contribution in [0.1, 0.15) is 214 Å². The Morgan fingerprint density at radius 3 is 1.13 bits per heavy atom. The van der Waals surface area contributed by atoms with Crippen LogP contribution in [0.25, 0.3) is 11.4 Å². The van der Waals surface area contributed by atoms with Crippen molar-refractivity contribution >= 4 is 22.1 Å². The number of esters is 2. The zero-order chi connectivity index (χ0) is 49.4. The number of aromatic nitrogens is 2. The number of carbonyl (C=O) groups excluding carboxylic acids is 2. The van der Waals surface area contributed by atoms with Gasteiger partial charge in [0.05, 0.1) is 35.7 Å². The third-order valence-electron chi connectivity index (χ3n) is 11.0. The minimum absolute atomic E-state index is 0. The zero-order valence-corrected chi connectivity index (χ0v) is 42.9. The van der Waals surface area contributed by atoms with Crippen molar-refractivity contribution in [3.8, 4) is 17.1 Å². The first-order chi connectivity index (χ1) is 32.2. The van der Waals surface area contributed by atoms with E-state index in [1.165, 1.54) is 166 Å². The van der Waals surface area contributed by atoms with Crippen molar-refractivity contribution in [2.45, 2.75) is 199 Å². The van der Waals surface area contributed by atoms with Crippen molar-refractivity contribution in [2.24, 2.45) is 0 Å². The van der Waals surface area contributed by atoms with Gasteiger partial charge in [-0.2, -0.15) is 13.2 Å². The number of pyridine rings is 2. The molecule has 3 rings (SSSR count). The molecule has 11 nitrogen and oxygen atoms in total. The van der Waals surface area contributed by atoms with Crippen LogP contribution in [-0.4, -0.2) is 53.6 Å². The molecule has 16 heteroatoms. The van der Waals surface area contributed by atoms with E-state index in [0.717, 1.165) is 25.7 Å². The third kappa shape index (κ3) is 33.7. The Hall–Kier alpha value is -3.71. The van der Waals surface area contributed by atoms with E-state index in [-0.39, 0.29) is 32.4 Å². The van der Waals surface area contributed by atoms with Crippen LogP contribution in [-0.2, 0) is 40.0 Å². The Morgan fingerprint density at radius 1 is 0.529 bits per heavy atom. The number of hydrogen-bond acceptors (Lipinski definition) is 11. The second-order valence-corrected chi connectivity index (χ2v) is 18.2. The summed E-state index contributed by atoms with van der Waals surface area (Å²) < 4.78 is 70.0. The summed E-state index contributed by atoms with van der Waals surface area (Å²) in [6, 6.07) is 13.9. The number of rotatable bonds is 33. The molecule has 0 aliphatic heterocycles. The topological polar surface area (TPSA) is 176 Å². The second-order valence-electron chi connectivity index (χ2n) is 16.9. The molecular formula is C52H77F3N2O9PdS. The van der Waals surface area contributed by atoms with Crippen LogP contribution in [0.5, 0.6) is 5.75 Å². The number of nitrogens with zero attached hydrogens (tertiary/aromatic N) is 2. The molecule has 0 aliphatic carbocycles. The van der Waals surface area contributed by atoms with E-state index in [1.54, 1.807) is 54.9 Å². The summed E-state index contributed by atoms with van der Waals surface area (Å²) in [5.74, 6) is -1.17. The van der Waals surface area contributed by atoms with Crippen LogP contribution in [0.15, 0.2) is 71.8 Å². The van der Waals surface area contributed by atoms with Crippen LogP contribution in [0.2, 0.25) is 0 Å². The second kappa shape index (κ2) is 41.1. The van der Waals surface area contributed by atoms with E-state index in [4.69, 9.17) is 22.4 Å². The van der Waals surface area contributed by atoms with Gasteiger partial charge in [-0.25, -0.2) is 18.0 Å². The minimum atomic E-state index is -6.09. The average Bonchev–Trinajstić information content (AvgIpc) is 3.50. The summed E-state index contributed by atoms with van der Waals surface area (Å²) in [4.78, 5) is 44.7. The molecule has 1 aromatic carbocycles. The van der Waals surface area contributed by atoms with E-state index in [2.05, 4.69) is 23.8 Å². The maximum absolute atomic E-state index is 12.7. The van der Waals surface area contributed by atoms with E-state index in [1.807, 2.05) is 0 Å². The number of halogens is 3. The third-order valence-corrected chi connectivity index (χ3v) is 11.5. The van der Waals surface area contributed by atoms with Gasteiger partial charge in [0, 0.05) is 12.4 Å². The standard InChI is InChI=1S/C44H72N2O4.C7H6O2.CHF3O3S.Pd/c1-3-5-7-9-11-13-15-17-19-21-23-25-27-29-35-49-43(47)39-31-33-45-41(37-39)42-38-40(32-34-46-42)44(48)50-36-30-28-26-24-22-20-18-16-14-12-10-8-6-4-2;8-6-4-2-1-3-5-7(6)9;2-1(3,4)8(5,6)7;/h31-34,37-38H,3-30,35-36H2,1-2H3;1-5H,(H,8,9);(H,5,6,7);/q;;;+2/p-2. The van der Waals surface area contributed by atoms with E-state index >= 15 is 0 Å². The number of hydrogen-bond donors (Lipinski definition) is 0. The Morgan fingerprint density at radius 2 is 0.824 bits per heavy atom. The largest absolute Gasteiger partial charge is 2.00 e. The Kier molecular flexibility index (Phi) is 38.9. The number of unbranched alkanes of at least 4 members (excludes halogenated alkanes) is 26. The molecule has 0 saturated heterocycles. The van der Waals surface area contributed by atoms with Gasteiger partial charge in [0.1, 0.15) is 0 Å². The summed E-state index contributed by atoms with van der Waals surface area (Å²) in [6.07, 6.45) is 39.4. The zero-order valence-electron chi connectivity index (χ0n) is 40.5. The summed E-state index contributed by atoms with van der Waals surface area (Å²) >= 11 is 0. The monoisotopic (exact) mass is 1070 g/mol. The summed E-state index contributed by atoms with van der Waals surface area (Å²) in [5.41, 5.74) is -4.18. The molecule has 2 heterocycles. The Bertz CT molecular complexity index is 1840. The number of ether oxygens (including phenoxy) is 2. The van der Waals surface area contributed by atoms with Gasteiger partial charge >= 0.3 is 37.9 Å². The van der Waals surface area contributed by atoms with Crippen molar-refractivity contribution in [2.75, 3.05) is 13.2 Å². The van der Waals surface area contributed by atoms with Crippen molar-refractivity contribution in [1.82, 2.24) is 9.97 Å². The molecule has 386 valence electrons. The van der Waals surface area contributed by atoms with Gasteiger partial charge in [-0.1, -0.05) is 211 Å². The molecule has 0 bridgehead atoms. The maximum atomic E-state index is 12.7. The van der Waals surface area contributed by atoms with Crippen LogP contribution < -0.4 is 10.5 Å². The number of carbonyl (C=O) groups is 2. The summed E-state index contributed by atoms with van der Waals surface area (Å²) in [5, 5.41) is 10.5. The van der Waals surface area contributed by atoms with Crippen LogP contribution >= 0.6 is 0 Å². The molecule has 0 N–H and O–H groups in total. The first kappa shape index (κ1) is 64.3. The van der Waals surface area contributed by atoms with Crippen molar-refractivity contribution in [1.29, 1.82) is 0 Å². The van der Waals surface area contributed by atoms with Gasteiger partial charge in [-0.05, 0) is 43.2 Å². The van der Waals surface area contributed by atoms with Crippen molar-refractivity contribution < 1.29 is 70.7 Å². The minimum Gasteiger partial charge on any atom is -0.870 e. The van der Waals surface area contributed by atoms with Crippen molar-refractivity contribution in [3.05, 3.63) is 88.3 Å². The molecule has 0 radical (unpaired) electrons. The maximum Gasteiger partial charge on any atom is 2.00 e. The quantitative estimate of drug-likeness (QED) is 0.0186. The predicted octanol–water partition coefficient (Wildman–Crippen LogP) is 13.6. The predicted molar refractivity (Wildman–Crippen MR) is 257 cm³/mol. The van der Waals surface area contributed by atoms with Gasteiger partial charge in [-0.3, -0.25) is 14.8 Å². The fraction of sp³-hybridized carbons (Fsp3) is 0.635. The Labute approximate surface area is 418 Å². The fourth-order valence-electron chi connectivity index (χ4n) is 7.00. The smallest absolute Gasteiger partial charge is 0.870 e. The molecule has 2 aromatic heterocycles. The van der Waals surface area contributed by atoms with Gasteiger partial charge in [-0.15, -0.1) is 0 Å². The fourth-order valence-corrected chi connectivity index (χ4v) is 7.00. The van der Waals surface area contributed by atoms with E-state index < -0.39 is 26.8 Å². The summed E-state index contributed by atoms with van der Waals surface area (Å²) in [7, 11) is -6.09. The molecular weight excluding hydrogens is 992 g/mol. The van der Waals surface area contributed by atoms with Crippen LogP contribution in [0.3, 0.4) is 0 Å². The molecule has 0 aliphatic rings. The molecule has 0 saturated carbocycles. The van der Waals surface area contributed by atoms with Gasteiger partial charge in [0.25, 0.3) is 0 Å². The van der Waals surface area contributed by atoms with E-state index in [9.17, 15) is 32.7 Å². The van der Waals surface area contributed by atoms with Crippen LogP contribution in [0.4, 0.5) is 13.2 Å². The Balaban J connectivity index is 0.00000208. The summed E-state index contributed by atoms with van der Waals surface area (Å²) in [6.45, 7) is 5.39. The van der Waals surface area contributed by atoms with Gasteiger partial charge in [0.2, 0.25) is 0 Å². The van der Waals surface area contributed by atoms with Gasteiger partial charge in [0.15, 0.2) is 15.5 Å². The molecule has 0 unspecified atom stereocenters. The average molecular weight is 1070 g/mol. The normalized spacial score (nSPS) is 11.0. The SMILES string of the molecule is CCCCCCCCCCCCCCCCOC(=O)c1ccnc(-c2cc(C(=O)OCCCCCCCCCCCCCCCC)ccn2)c1.O=S(=O)([O-])C(F)(F)F.O=c1cccccc1[O-].[Pd+2]. The molecule has 3 aromatic rings. The number of alkyl halides is 3. The van der Waals surface area contributed by atoms with Gasteiger partial charge < -0.3 is 19.1 Å². The molecule has 0 fully saturated rings. The molecule has 0 spiro atoms. The first-order valence-electron chi connectivity index (χ1n) is 24.8. The first-order valence-corrected chi connectivity index (χ1v) is 26.2. The van der Waals surface area contributed by atoms with Crippen molar-refractivity contribution in [3.63, 3.8) is 0 Å². The molecule has 68 heavy (non-hydrogen) atoms. The molecule has 0 atom stereocenters.